The Labute approximate surface area is 192 Å². The first-order valence-electron chi connectivity index (χ1n) is 10.6. The highest BCUT2D eigenvalue weighted by molar-refractivity contribution is 5.75. The highest BCUT2D eigenvalue weighted by atomic mass is 19.4. The summed E-state index contributed by atoms with van der Waals surface area (Å²) in [6.45, 7) is 3.30. The molecule has 184 valence electrons. The fourth-order valence-electron chi connectivity index (χ4n) is 3.70. The molecule has 34 heavy (non-hydrogen) atoms. The first-order chi connectivity index (χ1) is 15.9. The molecule has 2 atom stereocenters. The molecule has 3 aromatic rings. The van der Waals surface area contributed by atoms with E-state index in [9.17, 15) is 31.1 Å². The van der Waals surface area contributed by atoms with Crippen LogP contribution in [0.25, 0.3) is 16.8 Å². The number of benzene rings is 1. The Kier molecular flexibility index (Phi) is 7.42. The second-order valence-electron chi connectivity index (χ2n) is 7.90. The third-order valence-electron chi connectivity index (χ3n) is 5.57. The number of rotatable bonds is 7. The molecule has 0 fully saturated rings. The van der Waals surface area contributed by atoms with E-state index >= 15 is 0 Å². The predicted octanol–water partition coefficient (Wildman–Crippen LogP) is 6.37. The molecular formula is C23H24F6N4O. The largest absolute Gasteiger partial charge is 0.408 e. The van der Waals surface area contributed by atoms with Crippen LogP contribution in [0.5, 0.6) is 0 Å². The molecule has 0 saturated carbocycles. The molecule has 1 N–H and O–H groups in total. The van der Waals surface area contributed by atoms with Gasteiger partial charge in [0.1, 0.15) is 11.7 Å². The average molecular weight is 486 g/mol. The van der Waals surface area contributed by atoms with Crippen molar-refractivity contribution in [1.29, 1.82) is 0 Å². The molecule has 2 amide bonds. The number of carbonyl (C=O) groups excluding carboxylic acids is 1. The van der Waals surface area contributed by atoms with Crippen LogP contribution in [0.2, 0.25) is 0 Å². The number of nitrogens with one attached hydrogen (secondary N) is 1. The lowest BCUT2D eigenvalue weighted by Crippen LogP contribution is -2.51. The van der Waals surface area contributed by atoms with Crippen molar-refractivity contribution in [3.05, 3.63) is 60.6 Å². The molecule has 0 aliphatic rings. The van der Waals surface area contributed by atoms with Crippen LogP contribution in [0.4, 0.5) is 31.1 Å². The van der Waals surface area contributed by atoms with Crippen LogP contribution in [-0.2, 0) is 0 Å². The van der Waals surface area contributed by atoms with E-state index in [-0.39, 0.29) is 6.54 Å². The molecule has 1 aromatic carbocycles. The lowest BCUT2D eigenvalue weighted by Gasteiger charge is -2.31. The Morgan fingerprint density at radius 2 is 1.85 bits per heavy atom. The van der Waals surface area contributed by atoms with E-state index in [0.29, 0.717) is 5.56 Å². The van der Waals surface area contributed by atoms with Gasteiger partial charge in [-0.25, -0.2) is 9.78 Å². The van der Waals surface area contributed by atoms with E-state index in [0.717, 1.165) is 21.7 Å². The van der Waals surface area contributed by atoms with Crippen LogP contribution in [0.15, 0.2) is 55.0 Å². The van der Waals surface area contributed by atoms with Crippen molar-refractivity contribution in [3.8, 4) is 11.1 Å². The maximum absolute atomic E-state index is 13.3. The van der Waals surface area contributed by atoms with Gasteiger partial charge in [0.2, 0.25) is 0 Å². The molecule has 0 bridgehead atoms. The third-order valence-corrected chi connectivity index (χ3v) is 5.57. The predicted molar refractivity (Wildman–Crippen MR) is 115 cm³/mol. The minimum absolute atomic E-state index is 0.0576. The standard InChI is InChI=1S/C23H24F6N4O/c1-3-33(21(34)31-19(23(27,28)29)9-10-22(24,25)26)15(2)16-5-4-6-17(13-16)18-7-8-20-30-11-12-32(20)14-18/h4-8,11-15,19H,3,9-10H2,1-2H3,(H,31,34)/t15-,19?/m1/s1. The number of halogens is 6. The molecule has 2 aromatic heterocycles. The molecule has 5 nitrogen and oxygen atoms in total. The number of urea groups is 1. The molecular weight excluding hydrogens is 462 g/mol. The summed E-state index contributed by atoms with van der Waals surface area (Å²) >= 11 is 0. The van der Waals surface area contributed by atoms with Crippen molar-refractivity contribution in [2.24, 2.45) is 0 Å². The van der Waals surface area contributed by atoms with Crippen molar-refractivity contribution in [2.75, 3.05) is 6.54 Å². The van der Waals surface area contributed by atoms with Crippen molar-refractivity contribution < 1.29 is 31.1 Å². The second kappa shape index (κ2) is 9.94. The number of hydrogen-bond acceptors (Lipinski definition) is 2. The zero-order valence-corrected chi connectivity index (χ0v) is 18.5. The van der Waals surface area contributed by atoms with Crippen molar-refractivity contribution >= 4 is 11.7 Å². The normalized spacial score (nSPS) is 14.1. The van der Waals surface area contributed by atoms with Gasteiger partial charge in [-0.05, 0) is 55.2 Å². The van der Waals surface area contributed by atoms with Gasteiger partial charge in [0.25, 0.3) is 0 Å². The molecule has 0 saturated heterocycles. The quantitative estimate of drug-likeness (QED) is 0.395. The van der Waals surface area contributed by atoms with Gasteiger partial charge in [-0.15, -0.1) is 0 Å². The lowest BCUT2D eigenvalue weighted by atomic mass is 10.0. The summed E-state index contributed by atoms with van der Waals surface area (Å²) in [6, 6.07) is 6.61. The molecule has 0 radical (unpaired) electrons. The van der Waals surface area contributed by atoms with Crippen LogP contribution in [0.1, 0.15) is 38.3 Å². The Bertz CT molecular complexity index is 1120. The Balaban J connectivity index is 1.79. The molecule has 3 rings (SSSR count). The Morgan fingerprint density at radius 1 is 1.12 bits per heavy atom. The Hall–Kier alpha value is -3.24. The van der Waals surface area contributed by atoms with Crippen LogP contribution >= 0.6 is 0 Å². The number of amides is 2. The molecule has 11 heteroatoms. The van der Waals surface area contributed by atoms with Crippen LogP contribution < -0.4 is 5.32 Å². The van der Waals surface area contributed by atoms with Gasteiger partial charge in [0.15, 0.2) is 0 Å². The molecule has 0 aliphatic carbocycles. The minimum atomic E-state index is -5.00. The van der Waals surface area contributed by atoms with Gasteiger partial charge in [0.05, 0.1) is 6.04 Å². The summed E-state index contributed by atoms with van der Waals surface area (Å²) in [5.74, 6) is 0. The van der Waals surface area contributed by atoms with Gasteiger partial charge in [-0.2, -0.15) is 26.3 Å². The van der Waals surface area contributed by atoms with Crippen LogP contribution in [0, 0.1) is 0 Å². The number of imidazole rings is 1. The van der Waals surface area contributed by atoms with E-state index in [1.807, 2.05) is 34.9 Å². The molecule has 0 spiro atoms. The summed E-state index contributed by atoms with van der Waals surface area (Å²) in [4.78, 5) is 18.0. The average Bonchev–Trinajstić information content (AvgIpc) is 3.23. The van der Waals surface area contributed by atoms with Gasteiger partial charge >= 0.3 is 18.4 Å². The van der Waals surface area contributed by atoms with Gasteiger partial charge in [-0.1, -0.05) is 18.2 Å². The van der Waals surface area contributed by atoms with E-state index in [2.05, 4.69) is 4.98 Å². The van der Waals surface area contributed by atoms with Gasteiger partial charge in [-0.3, -0.25) is 0 Å². The number of nitrogens with zero attached hydrogens (tertiary/aromatic N) is 3. The summed E-state index contributed by atoms with van der Waals surface area (Å²) in [6.07, 6.45) is -7.35. The van der Waals surface area contributed by atoms with E-state index in [1.54, 1.807) is 43.7 Å². The van der Waals surface area contributed by atoms with Crippen molar-refractivity contribution in [2.45, 2.75) is 51.1 Å². The highest BCUT2D eigenvalue weighted by Gasteiger charge is 2.43. The lowest BCUT2D eigenvalue weighted by molar-refractivity contribution is -0.171. The highest BCUT2D eigenvalue weighted by Crippen LogP contribution is 2.30. The third kappa shape index (κ3) is 6.21. The first kappa shape index (κ1) is 25.4. The monoisotopic (exact) mass is 486 g/mol. The smallest absolute Gasteiger partial charge is 0.326 e. The Morgan fingerprint density at radius 3 is 2.50 bits per heavy atom. The van der Waals surface area contributed by atoms with Crippen molar-refractivity contribution in [1.82, 2.24) is 19.6 Å². The molecule has 2 heterocycles. The van der Waals surface area contributed by atoms with E-state index in [4.69, 9.17) is 0 Å². The van der Waals surface area contributed by atoms with Gasteiger partial charge in [0, 0.05) is 31.6 Å². The summed E-state index contributed by atoms with van der Waals surface area (Å²) in [7, 11) is 0. The molecule has 0 aliphatic heterocycles. The fraction of sp³-hybridized carbons (Fsp3) is 0.391. The second-order valence-corrected chi connectivity index (χ2v) is 7.90. The zero-order chi connectivity index (χ0) is 25.1. The zero-order valence-electron chi connectivity index (χ0n) is 18.5. The topological polar surface area (TPSA) is 49.6 Å². The number of pyridine rings is 1. The maximum atomic E-state index is 13.3. The van der Waals surface area contributed by atoms with Gasteiger partial charge < -0.3 is 14.6 Å². The number of fused-ring (bicyclic) bond motifs is 1. The van der Waals surface area contributed by atoms with Crippen molar-refractivity contribution in [3.63, 3.8) is 0 Å². The maximum Gasteiger partial charge on any atom is 0.408 e. The minimum Gasteiger partial charge on any atom is -0.326 e. The van der Waals surface area contributed by atoms with E-state index < -0.39 is 43.3 Å². The summed E-state index contributed by atoms with van der Waals surface area (Å²) < 4.78 is 79.0. The number of carbonyl (C=O) groups is 1. The SMILES string of the molecule is CCN(C(=O)NC(CCC(F)(F)F)C(F)(F)F)[C@H](C)c1cccc(-c2ccc3nccn3c2)c1. The molecule has 1 unspecified atom stereocenters. The number of alkyl halides is 6. The summed E-state index contributed by atoms with van der Waals surface area (Å²) in [5.41, 5.74) is 3.14. The number of aromatic nitrogens is 2. The van der Waals surface area contributed by atoms with E-state index in [1.165, 1.54) is 0 Å². The van der Waals surface area contributed by atoms with Crippen LogP contribution in [-0.4, -0.2) is 45.3 Å². The fourth-order valence-corrected chi connectivity index (χ4v) is 3.70. The summed E-state index contributed by atoms with van der Waals surface area (Å²) in [5, 5.41) is 1.75. The van der Waals surface area contributed by atoms with Crippen LogP contribution in [0.3, 0.4) is 0 Å². The first-order valence-corrected chi connectivity index (χ1v) is 10.6. The number of hydrogen-bond donors (Lipinski definition) is 1.